The van der Waals surface area contributed by atoms with Gasteiger partial charge in [-0.2, -0.15) is 0 Å². The van der Waals surface area contributed by atoms with E-state index in [0.717, 1.165) is 12.8 Å². The zero-order valence-corrected chi connectivity index (χ0v) is 9.05. The molecule has 7 nitrogen and oxygen atoms in total. The molecule has 1 atom stereocenters. The second-order valence-electron chi connectivity index (χ2n) is 3.97. The molecule has 7 heteroatoms. The Morgan fingerprint density at radius 1 is 1.59 bits per heavy atom. The van der Waals surface area contributed by atoms with Crippen LogP contribution in [-0.2, 0) is 11.3 Å². The Kier molecular flexibility index (Phi) is 3.27. The van der Waals surface area contributed by atoms with Crippen molar-refractivity contribution < 1.29 is 19.2 Å². The summed E-state index contributed by atoms with van der Waals surface area (Å²) in [6.45, 7) is 0.208. The summed E-state index contributed by atoms with van der Waals surface area (Å²) < 4.78 is 4.60. The van der Waals surface area contributed by atoms with Crippen LogP contribution in [-0.4, -0.2) is 28.3 Å². The predicted molar refractivity (Wildman–Crippen MR) is 56.0 cm³/mol. The fourth-order valence-corrected chi connectivity index (χ4v) is 1.50. The van der Waals surface area contributed by atoms with E-state index in [2.05, 4.69) is 20.3 Å². The molecule has 1 unspecified atom stereocenters. The molecule has 2 amide bonds. The number of aliphatic carboxylic acids is 1. The van der Waals surface area contributed by atoms with Crippen LogP contribution in [0.15, 0.2) is 16.9 Å². The molecule has 1 heterocycles. The van der Waals surface area contributed by atoms with Crippen molar-refractivity contribution in [2.24, 2.45) is 5.92 Å². The van der Waals surface area contributed by atoms with E-state index >= 15 is 0 Å². The number of nitrogens with one attached hydrogen (secondary N) is 2. The van der Waals surface area contributed by atoms with Crippen molar-refractivity contribution in [2.75, 3.05) is 0 Å². The van der Waals surface area contributed by atoms with Gasteiger partial charge < -0.3 is 20.3 Å². The number of urea groups is 1. The van der Waals surface area contributed by atoms with Gasteiger partial charge in [0.1, 0.15) is 18.0 Å². The lowest BCUT2D eigenvalue weighted by molar-refractivity contribution is -0.139. The number of hydrogen-bond donors (Lipinski definition) is 3. The number of carbonyl (C=O) groups excluding carboxylic acids is 1. The van der Waals surface area contributed by atoms with Gasteiger partial charge in [-0.25, -0.2) is 9.59 Å². The van der Waals surface area contributed by atoms with Crippen LogP contribution in [0.3, 0.4) is 0 Å². The SMILES string of the molecule is O=C(NCc1ccon1)NC(C(=O)O)C1CC1. The summed E-state index contributed by atoms with van der Waals surface area (Å²) >= 11 is 0. The van der Waals surface area contributed by atoms with Gasteiger partial charge in [0.25, 0.3) is 0 Å². The van der Waals surface area contributed by atoms with E-state index < -0.39 is 18.0 Å². The van der Waals surface area contributed by atoms with Gasteiger partial charge in [-0.1, -0.05) is 5.16 Å². The number of amides is 2. The molecule has 1 aliphatic rings. The van der Waals surface area contributed by atoms with Crippen LogP contribution in [0.4, 0.5) is 4.79 Å². The molecule has 1 aliphatic carbocycles. The Bertz CT molecular complexity index is 400. The normalized spacial score (nSPS) is 16.2. The first-order chi connectivity index (χ1) is 8.16. The smallest absolute Gasteiger partial charge is 0.326 e. The maximum absolute atomic E-state index is 11.4. The minimum Gasteiger partial charge on any atom is -0.480 e. The zero-order valence-electron chi connectivity index (χ0n) is 9.05. The summed E-state index contributed by atoms with van der Waals surface area (Å²) in [5, 5.41) is 17.5. The van der Waals surface area contributed by atoms with Crippen molar-refractivity contribution in [3.05, 3.63) is 18.0 Å². The average molecular weight is 239 g/mol. The van der Waals surface area contributed by atoms with E-state index in [1.165, 1.54) is 6.26 Å². The van der Waals surface area contributed by atoms with E-state index in [1.807, 2.05) is 0 Å². The Morgan fingerprint density at radius 3 is 2.88 bits per heavy atom. The molecular weight excluding hydrogens is 226 g/mol. The predicted octanol–water partition coefficient (Wildman–Crippen LogP) is 0.337. The number of carbonyl (C=O) groups is 2. The van der Waals surface area contributed by atoms with E-state index in [1.54, 1.807) is 6.07 Å². The standard InChI is InChI=1S/C10H13N3O4/c14-9(15)8(6-1-2-6)12-10(16)11-5-7-3-4-17-13-7/h3-4,6,8H,1-2,5H2,(H,14,15)(H2,11,12,16). The van der Waals surface area contributed by atoms with Crippen LogP contribution < -0.4 is 10.6 Å². The highest BCUT2D eigenvalue weighted by molar-refractivity contribution is 5.83. The van der Waals surface area contributed by atoms with Crippen molar-refractivity contribution in [1.29, 1.82) is 0 Å². The van der Waals surface area contributed by atoms with Gasteiger partial charge >= 0.3 is 12.0 Å². The topological polar surface area (TPSA) is 104 Å². The molecule has 3 N–H and O–H groups in total. The maximum atomic E-state index is 11.4. The molecule has 1 saturated carbocycles. The van der Waals surface area contributed by atoms with Gasteiger partial charge in [-0.15, -0.1) is 0 Å². The van der Waals surface area contributed by atoms with Crippen molar-refractivity contribution in [3.63, 3.8) is 0 Å². The van der Waals surface area contributed by atoms with E-state index in [9.17, 15) is 9.59 Å². The fourth-order valence-electron chi connectivity index (χ4n) is 1.50. The van der Waals surface area contributed by atoms with Crippen molar-refractivity contribution in [1.82, 2.24) is 15.8 Å². The molecule has 0 bridgehead atoms. The van der Waals surface area contributed by atoms with Gasteiger partial charge in [0.05, 0.1) is 6.54 Å². The number of nitrogens with zero attached hydrogens (tertiary/aromatic N) is 1. The Morgan fingerprint density at radius 2 is 2.35 bits per heavy atom. The third-order valence-corrected chi connectivity index (χ3v) is 2.57. The highest BCUT2D eigenvalue weighted by Crippen LogP contribution is 2.32. The third-order valence-electron chi connectivity index (χ3n) is 2.57. The van der Waals surface area contributed by atoms with Crippen LogP contribution in [0.25, 0.3) is 0 Å². The van der Waals surface area contributed by atoms with Crippen LogP contribution >= 0.6 is 0 Å². The Hall–Kier alpha value is -2.05. The second-order valence-corrected chi connectivity index (χ2v) is 3.97. The van der Waals surface area contributed by atoms with Crippen LogP contribution in [0.1, 0.15) is 18.5 Å². The first-order valence-corrected chi connectivity index (χ1v) is 5.33. The quantitative estimate of drug-likeness (QED) is 0.687. The highest BCUT2D eigenvalue weighted by atomic mass is 16.5. The lowest BCUT2D eigenvalue weighted by Gasteiger charge is -2.13. The molecule has 92 valence electrons. The molecule has 1 fully saturated rings. The third kappa shape index (κ3) is 3.20. The lowest BCUT2D eigenvalue weighted by Crippen LogP contribution is -2.47. The minimum atomic E-state index is -0.996. The van der Waals surface area contributed by atoms with Gasteiger partial charge in [0, 0.05) is 6.07 Å². The molecule has 1 aromatic rings. The van der Waals surface area contributed by atoms with Crippen LogP contribution in [0.2, 0.25) is 0 Å². The summed E-state index contributed by atoms with van der Waals surface area (Å²) in [5.74, 6) is -0.936. The number of carboxylic acids is 1. The zero-order chi connectivity index (χ0) is 12.3. The van der Waals surface area contributed by atoms with Crippen molar-refractivity contribution in [2.45, 2.75) is 25.4 Å². The van der Waals surface area contributed by atoms with E-state index in [0.29, 0.717) is 5.69 Å². The Balaban J connectivity index is 1.77. The van der Waals surface area contributed by atoms with E-state index in [4.69, 9.17) is 5.11 Å². The number of hydrogen-bond acceptors (Lipinski definition) is 4. The lowest BCUT2D eigenvalue weighted by atomic mass is 10.2. The first-order valence-electron chi connectivity index (χ1n) is 5.33. The molecule has 0 aromatic carbocycles. The number of rotatable bonds is 5. The summed E-state index contributed by atoms with van der Waals surface area (Å²) in [5.41, 5.74) is 0.582. The van der Waals surface area contributed by atoms with Gasteiger partial charge in [-0.3, -0.25) is 0 Å². The molecular formula is C10H13N3O4. The Labute approximate surface area is 97.2 Å². The second kappa shape index (κ2) is 4.86. The number of aromatic nitrogens is 1. The molecule has 0 radical (unpaired) electrons. The summed E-state index contributed by atoms with van der Waals surface area (Å²) in [6, 6.07) is 0.315. The molecule has 1 aromatic heterocycles. The molecule has 0 saturated heterocycles. The van der Waals surface area contributed by atoms with Crippen LogP contribution in [0, 0.1) is 5.92 Å². The highest BCUT2D eigenvalue weighted by Gasteiger charge is 2.37. The van der Waals surface area contributed by atoms with Gasteiger partial charge in [0.15, 0.2) is 0 Å². The average Bonchev–Trinajstić information content (AvgIpc) is 2.99. The number of carboxylic acid groups (broad SMARTS) is 1. The summed E-state index contributed by atoms with van der Waals surface area (Å²) in [6.07, 6.45) is 3.10. The fraction of sp³-hybridized carbons (Fsp3) is 0.500. The molecule has 0 spiro atoms. The summed E-state index contributed by atoms with van der Waals surface area (Å²) in [7, 11) is 0. The molecule has 0 aliphatic heterocycles. The van der Waals surface area contributed by atoms with Crippen LogP contribution in [0.5, 0.6) is 0 Å². The van der Waals surface area contributed by atoms with E-state index in [-0.39, 0.29) is 12.5 Å². The first kappa shape index (κ1) is 11.4. The minimum absolute atomic E-state index is 0.0605. The van der Waals surface area contributed by atoms with Gasteiger partial charge in [0.2, 0.25) is 0 Å². The van der Waals surface area contributed by atoms with Gasteiger partial charge in [-0.05, 0) is 18.8 Å². The van der Waals surface area contributed by atoms with Crippen molar-refractivity contribution >= 4 is 12.0 Å². The van der Waals surface area contributed by atoms with Crippen molar-refractivity contribution in [3.8, 4) is 0 Å². The summed E-state index contributed by atoms with van der Waals surface area (Å²) in [4.78, 5) is 22.3. The monoisotopic (exact) mass is 239 g/mol. The largest absolute Gasteiger partial charge is 0.480 e. The molecule has 2 rings (SSSR count). The maximum Gasteiger partial charge on any atom is 0.326 e. The molecule has 17 heavy (non-hydrogen) atoms.